The quantitative estimate of drug-likeness (QED) is 0.538. The first-order chi connectivity index (χ1) is 14.6. The van der Waals surface area contributed by atoms with E-state index in [0.29, 0.717) is 11.8 Å². The molecule has 3 aromatic heterocycles. The largest absolute Gasteiger partial charge is 0.383 e. The Bertz CT molecular complexity index is 1180. The van der Waals surface area contributed by atoms with E-state index in [1.807, 2.05) is 7.05 Å². The predicted octanol–water partition coefficient (Wildman–Crippen LogP) is 2.53. The van der Waals surface area contributed by atoms with Crippen LogP contribution >= 0.6 is 11.3 Å². The molecule has 0 saturated carbocycles. The van der Waals surface area contributed by atoms with Crippen LogP contribution in [0.4, 0.5) is 16.2 Å². The molecule has 1 aromatic carbocycles. The fourth-order valence-electron chi connectivity index (χ4n) is 3.61. The summed E-state index contributed by atoms with van der Waals surface area (Å²) in [4.78, 5) is 18.4. The zero-order chi connectivity index (χ0) is 20.7. The number of aromatic nitrogens is 5. The Hall–Kier alpha value is -3.11. The van der Waals surface area contributed by atoms with Gasteiger partial charge in [0.1, 0.15) is 16.6 Å². The smallest absolute Gasteiger partial charge is 0.229 e. The molecule has 5 rings (SSSR count). The summed E-state index contributed by atoms with van der Waals surface area (Å²) in [6, 6.07) is 6.46. The van der Waals surface area contributed by atoms with Gasteiger partial charge >= 0.3 is 0 Å². The van der Waals surface area contributed by atoms with Crippen LogP contribution in [-0.2, 0) is 13.6 Å². The van der Waals surface area contributed by atoms with Crippen molar-refractivity contribution in [3.8, 4) is 10.6 Å². The molecule has 0 aliphatic carbocycles. The molecule has 0 spiro atoms. The number of fused-ring (bicyclic) bond motifs is 1. The fourth-order valence-corrected chi connectivity index (χ4v) is 4.43. The molecule has 1 aliphatic heterocycles. The maximum atomic E-state index is 13.1. The van der Waals surface area contributed by atoms with E-state index >= 15 is 0 Å². The molecule has 4 aromatic rings. The molecule has 0 unspecified atom stereocenters. The lowest BCUT2D eigenvalue weighted by Gasteiger charge is -2.34. The van der Waals surface area contributed by atoms with E-state index in [0.717, 1.165) is 60.0 Å². The predicted molar refractivity (Wildman–Crippen MR) is 116 cm³/mol. The SMILES string of the molecule is Cn1ncc2c(N)nc(N3CCN(Cc4csc(-c5ccc(F)cc5)n4)CC3)nc21. The highest BCUT2D eigenvalue weighted by atomic mass is 32.1. The van der Waals surface area contributed by atoms with Crippen molar-refractivity contribution in [1.82, 2.24) is 29.6 Å². The first-order valence-corrected chi connectivity index (χ1v) is 10.6. The Balaban J connectivity index is 1.23. The van der Waals surface area contributed by atoms with Crippen molar-refractivity contribution < 1.29 is 4.39 Å². The third kappa shape index (κ3) is 3.59. The second-order valence-corrected chi connectivity index (χ2v) is 8.19. The van der Waals surface area contributed by atoms with Crippen molar-refractivity contribution in [3.63, 3.8) is 0 Å². The van der Waals surface area contributed by atoms with Crippen LogP contribution in [-0.4, -0.2) is 55.8 Å². The minimum absolute atomic E-state index is 0.235. The van der Waals surface area contributed by atoms with E-state index in [1.54, 1.807) is 34.3 Å². The Morgan fingerprint density at radius 1 is 1.07 bits per heavy atom. The number of nitrogens with two attached hydrogens (primary N) is 1. The third-order valence-electron chi connectivity index (χ3n) is 5.29. The van der Waals surface area contributed by atoms with E-state index in [1.165, 1.54) is 12.1 Å². The lowest BCUT2D eigenvalue weighted by molar-refractivity contribution is 0.246. The minimum atomic E-state index is -0.235. The van der Waals surface area contributed by atoms with Gasteiger partial charge in [-0.1, -0.05) is 0 Å². The van der Waals surface area contributed by atoms with Gasteiger partial charge in [0, 0.05) is 50.7 Å². The first-order valence-electron chi connectivity index (χ1n) is 9.70. The molecule has 10 heteroatoms. The molecule has 0 amide bonds. The van der Waals surface area contributed by atoms with E-state index in [-0.39, 0.29) is 5.82 Å². The summed E-state index contributed by atoms with van der Waals surface area (Å²) in [7, 11) is 1.85. The van der Waals surface area contributed by atoms with Crippen molar-refractivity contribution in [2.24, 2.45) is 7.05 Å². The molecular weight excluding hydrogens is 403 g/mol. The molecule has 2 N–H and O–H groups in total. The molecule has 0 radical (unpaired) electrons. The van der Waals surface area contributed by atoms with Gasteiger partial charge in [-0.25, -0.2) is 9.37 Å². The van der Waals surface area contributed by atoms with Gasteiger partial charge in [0.25, 0.3) is 0 Å². The van der Waals surface area contributed by atoms with Crippen LogP contribution < -0.4 is 10.6 Å². The molecule has 0 atom stereocenters. The number of benzene rings is 1. The average molecular weight is 425 g/mol. The molecule has 30 heavy (non-hydrogen) atoms. The molecule has 1 saturated heterocycles. The molecule has 154 valence electrons. The van der Waals surface area contributed by atoms with Crippen molar-refractivity contribution >= 4 is 34.1 Å². The number of nitrogen functional groups attached to an aromatic ring is 1. The summed E-state index contributed by atoms with van der Waals surface area (Å²) in [6.45, 7) is 4.19. The van der Waals surface area contributed by atoms with E-state index in [4.69, 9.17) is 10.7 Å². The second kappa shape index (κ2) is 7.62. The second-order valence-electron chi connectivity index (χ2n) is 7.33. The highest BCUT2D eigenvalue weighted by Crippen LogP contribution is 2.25. The highest BCUT2D eigenvalue weighted by Gasteiger charge is 2.21. The number of hydrogen-bond donors (Lipinski definition) is 1. The number of aryl methyl sites for hydroxylation is 1. The lowest BCUT2D eigenvalue weighted by Crippen LogP contribution is -2.46. The standard InChI is InChI=1S/C20H21FN8S/c1-27-18-16(10-23-27)17(22)25-20(26-18)29-8-6-28(7-9-29)11-15-12-30-19(24-15)13-2-4-14(21)5-3-13/h2-5,10,12H,6-9,11H2,1H3,(H2,22,25,26). The summed E-state index contributed by atoms with van der Waals surface area (Å²) in [5.41, 5.74) is 8.82. The van der Waals surface area contributed by atoms with Gasteiger partial charge < -0.3 is 10.6 Å². The zero-order valence-electron chi connectivity index (χ0n) is 16.5. The lowest BCUT2D eigenvalue weighted by atomic mass is 10.2. The number of rotatable bonds is 4. The van der Waals surface area contributed by atoms with Gasteiger partial charge in [0.05, 0.1) is 17.3 Å². The molecule has 8 nitrogen and oxygen atoms in total. The zero-order valence-corrected chi connectivity index (χ0v) is 17.3. The summed E-state index contributed by atoms with van der Waals surface area (Å²) in [6.07, 6.45) is 1.69. The highest BCUT2D eigenvalue weighted by molar-refractivity contribution is 7.13. The van der Waals surface area contributed by atoms with E-state index in [9.17, 15) is 4.39 Å². The van der Waals surface area contributed by atoms with Crippen molar-refractivity contribution in [2.45, 2.75) is 6.54 Å². The fraction of sp³-hybridized carbons (Fsp3) is 0.300. The summed E-state index contributed by atoms with van der Waals surface area (Å²) >= 11 is 1.59. The molecule has 4 heterocycles. The number of thiazole rings is 1. The van der Waals surface area contributed by atoms with Gasteiger partial charge in [0.2, 0.25) is 5.95 Å². The first kappa shape index (κ1) is 18.9. The Morgan fingerprint density at radius 3 is 2.60 bits per heavy atom. The van der Waals surface area contributed by atoms with Crippen LogP contribution in [0, 0.1) is 5.82 Å². The summed E-state index contributed by atoms with van der Waals surface area (Å²) in [5.74, 6) is 0.874. The summed E-state index contributed by atoms with van der Waals surface area (Å²) in [5, 5.41) is 7.98. The van der Waals surface area contributed by atoms with Crippen molar-refractivity contribution in [2.75, 3.05) is 36.8 Å². The number of hydrogen-bond acceptors (Lipinski definition) is 8. The minimum Gasteiger partial charge on any atom is -0.383 e. The maximum absolute atomic E-state index is 13.1. The van der Waals surface area contributed by atoms with Crippen LogP contribution in [0.1, 0.15) is 5.69 Å². The number of anilines is 2. The molecule has 1 fully saturated rings. The van der Waals surface area contributed by atoms with Crippen LogP contribution in [0.15, 0.2) is 35.8 Å². The van der Waals surface area contributed by atoms with Gasteiger partial charge in [-0.2, -0.15) is 15.1 Å². The Labute approximate surface area is 176 Å². The number of piperazine rings is 1. The van der Waals surface area contributed by atoms with Crippen molar-refractivity contribution in [3.05, 3.63) is 47.4 Å². The molecule has 0 bridgehead atoms. The third-order valence-corrected chi connectivity index (χ3v) is 6.23. The van der Waals surface area contributed by atoms with E-state index in [2.05, 4.69) is 30.2 Å². The van der Waals surface area contributed by atoms with Crippen LogP contribution in [0.25, 0.3) is 21.6 Å². The monoisotopic (exact) mass is 424 g/mol. The van der Waals surface area contributed by atoms with Crippen LogP contribution in [0.5, 0.6) is 0 Å². The van der Waals surface area contributed by atoms with Gasteiger partial charge in [-0.15, -0.1) is 11.3 Å². The maximum Gasteiger partial charge on any atom is 0.229 e. The molecule has 1 aliphatic rings. The molecular formula is C20H21FN8S. The average Bonchev–Trinajstić information content (AvgIpc) is 3.36. The van der Waals surface area contributed by atoms with Gasteiger partial charge in [-0.05, 0) is 24.3 Å². The van der Waals surface area contributed by atoms with Gasteiger partial charge in [-0.3, -0.25) is 9.58 Å². The van der Waals surface area contributed by atoms with E-state index < -0.39 is 0 Å². The number of nitrogens with zero attached hydrogens (tertiary/aromatic N) is 7. The normalized spacial score (nSPS) is 15.2. The topological polar surface area (TPSA) is 89.0 Å². The Morgan fingerprint density at radius 2 is 1.83 bits per heavy atom. The summed E-state index contributed by atoms with van der Waals surface area (Å²) < 4.78 is 14.8. The van der Waals surface area contributed by atoms with Crippen LogP contribution in [0.3, 0.4) is 0 Å². The van der Waals surface area contributed by atoms with Crippen LogP contribution in [0.2, 0.25) is 0 Å². The van der Waals surface area contributed by atoms with Gasteiger partial charge in [0.15, 0.2) is 5.65 Å². The Kier molecular flexibility index (Phi) is 4.80. The van der Waals surface area contributed by atoms with Crippen molar-refractivity contribution in [1.29, 1.82) is 0 Å². The number of halogens is 1.